The number of benzene rings is 1. The first-order chi connectivity index (χ1) is 9.31. The van der Waals surface area contributed by atoms with Crippen molar-refractivity contribution in [3.63, 3.8) is 0 Å². The summed E-state index contributed by atoms with van der Waals surface area (Å²) in [6.07, 6.45) is 1.13. The van der Waals surface area contributed by atoms with E-state index in [9.17, 15) is 0 Å². The third kappa shape index (κ3) is 1.99. The lowest BCUT2D eigenvalue weighted by molar-refractivity contribution is 0.573. The van der Waals surface area contributed by atoms with Crippen LogP contribution < -0.4 is 5.32 Å². The molecule has 1 aliphatic rings. The second-order valence-corrected chi connectivity index (χ2v) is 7.10. The maximum atomic E-state index is 6.04. The van der Waals surface area contributed by atoms with E-state index in [-0.39, 0.29) is 6.04 Å². The fourth-order valence-corrected chi connectivity index (χ4v) is 4.77. The molecule has 0 spiro atoms. The Balaban J connectivity index is 1.83. The number of aromatic nitrogens is 1. The van der Waals surface area contributed by atoms with Gasteiger partial charge in [0.05, 0.1) is 16.3 Å². The molecule has 0 amide bonds. The Hall–Kier alpha value is -0.940. The molecule has 5 heteroatoms. The zero-order valence-corrected chi connectivity index (χ0v) is 12.4. The molecule has 0 radical (unpaired) electrons. The van der Waals surface area contributed by atoms with Crippen LogP contribution >= 0.6 is 34.3 Å². The van der Waals surface area contributed by atoms with Gasteiger partial charge in [-0.25, -0.2) is 4.98 Å². The number of fused-ring (bicyclic) bond motifs is 2. The second kappa shape index (κ2) is 4.56. The van der Waals surface area contributed by atoms with Crippen molar-refractivity contribution in [1.29, 1.82) is 0 Å². The van der Waals surface area contributed by atoms with Gasteiger partial charge < -0.3 is 5.32 Å². The molecule has 1 unspecified atom stereocenters. The molecule has 0 fully saturated rings. The number of halogens is 1. The number of hydrogen-bond acceptors (Lipinski definition) is 4. The van der Waals surface area contributed by atoms with E-state index in [1.165, 1.54) is 10.4 Å². The van der Waals surface area contributed by atoms with Gasteiger partial charge in [0.1, 0.15) is 5.01 Å². The first kappa shape index (κ1) is 11.9. The molecule has 2 aromatic heterocycles. The number of rotatable bonds is 1. The van der Waals surface area contributed by atoms with Crippen molar-refractivity contribution in [2.24, 2.45) is 0 Å². The molecule has 1 aliphatic heterocycles. The summed E-state index contributed by atoms with van der Waals surface area (Å²) >= 11 is 9.62. The summed E-state index contributed by atoms with van der Waals surface area (Å²) in [6.45, 7) is 1.02. The average Bonchev–Trinajstić information content (AvgIpc) is 3.03. The van der Waals surface area contributed by atoms with Gasteiger partial charge in [0.15, 0.2) is 0 Å². The van der Waals surface area contributed by atoms with E-state index in [2.05, 4.69) is 16.8 Å². The van der Waals surface area contributed by atoms with Crippen molar-refractivity contribution in [3.8, 4) is 0 Å². The highest BCUT2D eigenvalue weighted by Crippen LogP contribution is 2.36. The van der Waals surface area contributed by atoms with E-state index >= 15 is 0 Å². The van der Waals surface area contributed by atoms with Crippen molar-refractivity contribution in [2.45, 2.75) is 12.5 Å². The Bertz CT molecular complexity index is 747. The van der Waals surface area contributed by atoms with Gasteiger partial charge in [0.2, 0.25) is 0 Å². The number of thiophene rings is 1. The van der Waals surface area contributed by atoms with Crippen LogP contribution in [-0.4, -0.2) is 11.5 Å². The molecule has 4 rings (SSSR count). The van der Waals surface area contributed by atoms with Crippen LogP contribution in [-0.2, 0) is 6.42 Å². The molecule has 19 heavy (non-hydrogen) atoms. The van der Waals surface area contributed by atoms with Gasteiger partial charge >= 0.3 is 0 Å². The first-order valence-electron chi connectivity index (χ1n) is 6.17. The standard InChI is InChI=1S/C14H11ClN2S2/c15-8-1-2-10-12(7-8)19-14(17-10)13-9-4-6-18-11(9)3-5-16-13/h1-2,4,6-7,13,16H,3,5H2. The molecule has 0 saturated heterocycles. The second-order valence-electron chi connectivity index (χ2n) is 4.60. The first-order valence-corrected chi connectivity index (χ1v) is 8.24. The van der Waals surface area contributed by atoms with E-state index in [0.717, 1.165) is 33.2 Å². The fraction of sp³-hybridized carbons (Fsp3) is 0.214. The van der Waals surface area contributed by atoms with E-state index in [4.69, 9.17) is 16.6 Å². The number of nitrogens with zero attached hydrogens (tertiary/aromatic N) is 1. The Labute approximate surface area is 124 Å². The van der Waals surface area contributed by atoms with Crippen molar-refractivity contribution in [1.82, 2.24) is 10.3 Å². The molecular formula is C14H11ClN2S2. The smallest absolute Gasteiger partial charge is 0.115 e. The summed E-state index contributed by atoms with van der Waals surface area (Å²) < 4.78 is 1.16. The lowest BCUT2D eigenvalue weighted by atomic mass is 10.0. The highest BCUT2D eigenvalue weighted by Gasteiger charge is 2.24. The predicted molar refractivity (Wildman–Crippen MR) is 82.5 cm³/mol. The zero-order valence-electron chi connectivity index (χ0n) is 10.0. The lowest BCUT2D eigenvalue weighted by Gasteiger charge is -2.22. The molecule has 2 nitrogen and oxygen atoms in total. The van der Waals surface area contributed by atoms with Crippen LogP contribution in [0.5, 0.6) is 0 Å². The predicted octanol–water partition coefficient (Wildman–Crippen LogP) is 4.25. The largest absolute Gasteiger partial charge is 0.304 e. The number of hydrogen-bond donors (Lipinski definition) is 1. The van der Waals surface area contributed by atoms with Crippen LogP contribution in [0.25, 0.3) is 10.2 Å². The van der Waals surface area contributed by atoms with Crippen LogP contribution in [0.3, 0.4) is 0 Å². The Morgan fingerprint density at radius 3 is 3.21 bits per heavy atom. The minimum absolute atomic E-state index is 0.242. The molecule has 1 N–H and O–H groups in total. The zero-order chi connectivity index (χ0) is 12.8. The van der Waals surface area contributed by atoms with Crippen LogP contribution in [0.2, 0.25) is 5.02 Å². The molecule has 0 bridgehead atoms. The summed E-state index contributed by atoms with van der Waals surface area (Å²) in [5, 5.41) is 7.66. The molecule has 96 valence electrons. The van der Waals surface area contributed by atoms with Crippen molar-refractivity contribution in [2.75, 3.05) is 6.54 Å². The van der Waals surface area contributed by atoms with Gasteiger partial charge in [0, 0.05) is 16.4 Å². The van der Waals surface area contributed by atoms with Gasteiger partial charge in [-0.05, 0) is 41.6 Å². The van der Waals surface area contributed by atoms with Crippen LogP contribution in [0.15, 0.2) is 29.6 Å². The average molecular weight is 307 g/mol. The van der Waals surface area contributed by atoms with Crippen LogP contribution in [0, 0.1) is 0 Å². The van der Waals surface area contributed by atoms with E-state index in [0.29, 0.717) is 0 Å². The van der Waals surface area contributed by atoms with Gasteiger partial charge in [0.25, 0.3) is 0 Å². The summed E-state index contributed by atoms with van der Waals surface area (Å²) in [5.41, 5.74) is 2.43. The minimum Gasteiger partial charge on any atom is -0.304 e. The summed E-state index contributed by atoms with van der Waals surface area (Å²) in [7, 11) is 0. The van der Waals surface area contributed by atoms with Crippen LogP contribution in [0.4, 0.5) is 0 Å². The third-order valence-electron chi connectivity index (χ3n) is 3.41. The Morgan fingerprint density at radius 2 is 2.26 bits per heavy atom. The SMILES string of the molecule is Clc1ccc2nc(C3NCCc4sccc43)sc2c1. The Morgan fingerprint density at radius 1 is 1.32 bits per heavy atom. The maximum absolute atomic E-state index is 6.04. The van der Waals surface area contributed by atoms with E-state index < -0.39 is 0 Å². The summed E-state index contributed by atoms with van der Waals surface area (Å²) in [5.74, 6) is 0. The monoisotopic (exact) mass is 306 g/mol. The topological polar surface area (TPSA) is 24.9 Å². The third-order valence-corrected chi connectivity index (χ3v) is 5.72. The van der Waals surface area contributed by atoms with Gasteiger partial charge in [-0.2, -0.15) is 0 Å². The highest BCUT2D eigenvalue weighted by molar-refractivity contribution is 7.18. The van der Waals surface area contributed by atoms with Gasteiger partial charge in [-0.1, -0.05) is 11.6 Å². The quantitative estimate of drug-likeness (QED) is 0.727. The minimum atomic E-state index is 0.242. The fourth-order valence-electron chi connectivity index (χ4n) is 2.51. The number of thiazole rings is 1. The molecule has 1 atom stereocenters. The van der Waals surface area contributed by atoms with Gasteiger partial charge in [-0.3, -0.25) is 0 Å². The summed E-state index contributed by atoms with van der Waals surface area (Å²) in [4.78, 5) is 6.25. The van der Waals surface area contributed by atoms with Gasteiger partial charge in [-0.15, -0.1) is 22.7 Å². The molecule has 0 aliphatic carbocycles. The van der Waals surface area contributed by atoms with E-state index in [1.807, 2.05) is 29.5 Å². The molecule has 3 heterocycles. The van der Waals surface area contributed by atoms with Crippen molar-refractivity contribution >= 4 is 44.5 Å². The van der Waals surface area contributed by atoms with Crippen LogP contribution in [0.1, 0.15) is 21.5 Å². The highest BCUT2D eigenvalue weighted by atomic mass is 35.5. The number of nitrogens with one attached hydrogen (secondary N) is 1. The van der Waals surface area contributed by atoms with Crippen molar-refractivity contribution in [3.05, 3.63) is 50.1 Å². The lowest BCUT2D eigenvalue weighted by Crippen LogP contribution is -2.29. The molecule has 0 saturated carbocycles. The molecule has 3 aromatic rings. The maximum Gasteiger partial charge on any atom is 0.115 e. The Kier molecular flexibility index (Phi) is 2.84. The summed E-state index contributed by atoms with van der Waals surface area (Å²) in [6, 6.07) is 8.35. The van der Waals surface area contributed by atoms with E-state index in [1.54, 1.807) is 11.3 Å². The molecular weight excluding hydrogens is 296 g/mol. The normalized spacial score (nSPS) is 18.7. The molecule has 1 aromatic carbocycles. The van der Waals surface area contributed by atoms with Crippen molar-refractivity contribution < 1.29 is 0 Å².